The Bertz CT molecular complexity index is 1080. The molecular formula is C23H20N4O. The van der Waals surface area contributed by atoms with Crippen LogP contribution >= 0.6 is 0 Å². The fourth-order valence-electron chi connectivity index (χ4n) is 3.02. The molecule has 0 saturated heterocycles. The predicted molar refractivity (Wildman–Crippen MR) is 111 cm³/mol. The molecular weight excluding hydrogens is 348 g/mol. The number of amides is 1. The summed E-state index contributed by atoms with van der Waals surface area (Å²) in [6.45, 7) is 1.07. The predicted octanol–water partition coefficient (Wildman–Crippen LogP) is 4.17. The second-order valence-corrected chi connectivity index (χ2v) is 6.46. The number of hydrogen-bond acceptors (Lipinski definition) is 4. The zero-order valence-electron chi connectivity index (χ0n) is 15.3. The Balaban J connectivity index is 1.57. The van der Waals surface area contributed by atoms with Crippen LogP contribution in [0.2, 0.25) is 0 Å². The summed E-state index contributed by atoms with van der Waals surface area (Å²) < 4.78 is 0. The lowest BCUT2D eigenvalue weighted by atomic mass is 10.1. The monoisotopic (exact) mass is 368 g/mol. The Kier molecular flexibility index (Phi) is 5.24. The molecule has 138 valence electrons. The Morgan fingerprint density at radius 3 is 2.46 bits per heavy atom. The van der Waals surface area contributed by atoms with Crippen molar-refractivity contribution in [1.29, 1.82) is 0 Å². The topological polar surface area (TPSA) is 66.9 Å². The fourth-order valence-corrected chi connectivity index (χ4v) is 3.02. The molecule has 0 aliphatic rings. The summed E-state index contributed by atoms with van der Waals surface area (Å²) in [7, 11) is 0. The van der Waals surface area contributed by atoms with E-state index in [1.807, 2.05) is 72.9 Å². The third-order valence-electron chi connectivity index (χ3n) is 4.45. The summed E-state index contributed by atoms with van der Waals surface area (Å²) in [5, 5.41) is 7.13. The summed E-state index contributed by atoms with van der Waals surface area (Å²) in [6.07, 6.45) is 3.55. The van der Waals surface area contributed by atoms with Gasteiger partial charge in [0, 0.05) is 30.9 Å². The minimum atomic E-state index is -0.119. The number of anilines is 1. The van der Waals surface area contributed by atoms with E-state index >= 15 is 0 Å². The molecule has 0 aliphatic carbocycles. The second-order valence-electron chi connectivity index (χ2n) is 6.46. The van der Waals surface area contributed by atoms with Crippen molar-refractivity contribution in [2.75, 3.05) is 5.32 Å². The van der Waals surface area contributed by atoms with Gasteiger partial charge in [0.05, 0.1) is 11.1 Å². The van der Waals surface area contributed by atoms with Crippen molar-refractivity contribution in [3.63, 3.8) is 0 Å². The fraction of sp³-hybridized carbons (Fsp3) is 0.0870. The van der Waals surface area contributed by atoms with Crippen molar-refractivity contribution < 1.29 is 4.79 Å². The van der Waals surface area contributed by atoms with Crippen LogP contribution < -0.4 is 10.6 Å². The van der Waals surface area contributed by atoms with Gasteiger partial charge in [0.2, 0.25) is 0 Å². The molecule has 0 spiro atoms. The molecule has 2 N–H and O–H groups in total. The minimum absolute atomic E-state index is 0.119. The lowest BCUT2D eigenvalue weighted by Gasteiger charge is -2.12. The van der Waals surface area contributed by atoms with Gasteiger partial charge in [0.25, 0.3) is 5.91 Å². The molecule has 5 heteroatoms. The minimum Gasteiger partial charge on any atom is -0.366 e. The van der Waals surface area contributed by atoms with Gasteiger partial charge in [-0.1, -0.05) is 54.6 Å². The van der Waals surface area contributed by atoms with Gasteiger partial charge in [-0.15, -0.1) is 0 Å². The number of para-hydroxylation sites is 1. The maximum Gasteiger partial charge on any atom is 0.252 e. The highest BCUT2D eigenvalue weighted by atomic mass is 16.1. The van der Waals surface area contributed by atoms with E-state index < -0.39 is 0 Å². The number of fused-ring (bicyclic) bond motifs is 1. The number of benzene rings is 2. The quantitative estimate of drug-likeness (QED) is 0.536. The third-order valence-corrected chi connectivity index (χ3v) is 4.45. The van der Waals surface area contributed by atoms with Crippen molar-refractivity contribution in [3.8, 4) is 0 Å². The summed E-state index contributed by atoms with van der Waals surface area (Å²) in [5.41, 5.74) is 3.50. The van der Waals surface area contributed by atoms with Crippen LogP contribution in [0.25, 0.3) is 10.9 Å². The first-order valence-electron chi connectivity index (χ1n) is 9.14. The smallest absolute Gasteiger partial charge is 0.252 e. The molecule has 4 rings (SSSR count). The zero-order valence-corrected chi connectivity index (χ0v) is 15.3. The standard InChI is InChI=1S/C23H20N4O/c28-23(26-15-17-7-2-1-3-8-17)20-13-22(25-16-18-9-6-12-24-14-18)27-21-11-5-4-10-19(20)21/h1-14H,15-16H2,(H,25,27)(H,26,28). The van der Waals surface area contributed by atoms with Crippen LogP contribution in [0.3, 0.4) is 0 Å². The first-order chi connectivity index (χ1) is 13.8. The van der Waals surface area contributed by atoms with Crippen LogP contribution in [-0.2, 0) is 13.1 Å². The molecule has 28 heavy (non-hydrogen) atoms. The van der Waals surface area contributed by atoms with Crippen LogP contribution in [-0.4, -0.2) is 15.9 Å². The highest BCUT2D eigenvalue weighted by Gasteiger charge is 2.13. The van der Waals surface area contributed by atoms with Gasteiger partial charge in [0.1, 0.15) is 5.82 Å². The molecule has 0 saturated carbocycles. The van der Waals surface area contributed by atoms with Crippen molar-refractivity contribution >= 4 is 22.6 Å². The largest absolute Gasteiger partial charge is 0.366 e. The van der Waals surface area contributed by atoms with Gasteiger partial charge >= 0.3 is 0 Å². The van der Waals surface area contributed by atoms with Gasteiger partial charge in [-0.2, -0.15) is 0 Å². The number of hydrogen-bond donors (Lipinski definition) is 2. The molecule has 0 radical (unpaired) electrons. The van der Waals surface area contributed by atoms with Crippen LogP contribution in [0.5, 0.6) is 0 Å². The summed E-state index contributed by atoms with van der Waals surface area (Å²) in [5.74, 6) is 0.541. The maximum absolute atomic E-state index is 12.9. The van der Waals surface area contributed by atoms with Gasteiger partial charge in [-0.3, -0.25) is 9.78 Å². The van der Waals surface area contributed by atoms with E-state index in [-0.39, 0.29) is 5.91 Å². The van der Waals surface area contributed by atoms with Crippen molar-refractivity contribution in [3.05, 3.63) is 102 Å². The summed E-state index contributed by atoms with van der Waals surface area (Å²) >= 11 is 0. The highest BCUT2D eigenvalue weighted by Crippen LogP contribution is 2.21. The number of aromatic nitrogens is 2. The summed E-state index contributed by atoms with van der Waals surface area (Å²) in [4.78, 5) is 21.6. The first-order valence-corrected chi connectivity index (χ1v) is 9.14. The Morgan fingerprint density at radius 2 is 1.64 bits per heavy atom. The number of pyridine rings is 2. The SMILES string of the molecule is O=C(NCc1ccccc1)c1cc(NCc2cccnc2)nc2ccccc12. The number of nitrogens with zero attached hydrogens (tertiary/aromatic N) is 2. The van der Waals surface area contributed by atoms with Crippen LogP contribution in [0.4, 0.5) is 5.82 Å². The molecule has 5 nitrogen and oxygen atoms in total. The average Bonchev–Trinajstić information content (AvgIpc) is 2.77. The van der Waals surface area contributed by atoms with Crippen molar-refractivity contribution in [2.45, 2.75) is 13.1 Å². The highest BCUT2D eigenvalue weighted by molar-refractivity contribution is 6.06. The molecule has 2 aromatic heterocycles. The lowest BCUT2D eigenvalue weighted by Crippen LogP contribution is -2.23. The van der Waals surface area contributed by atoms with E-state index in [9.17, 15) is 4.79 Å². The Labute approximate surface area is 163 Å². The molecule has 1 amide bonds. The number of carbonyl (C=O) groups excluding carboxylic acids is 1. The molecule has 2 heterocycles. The molecule has 0 aliphatic heterocycles. The van der Waals surface area contributed by atoms with E-state index in [0.717, 1.165) is 22.0 Å². The zero-order chi connectivity index (χ0) is 19.2. The van der Waals surface area contributed by atoms with Gasteiger partial charge in [-0.25, -0.2) is 4.98 Å². The maximum atomic E-state index is 12.9. The van der Waals surface area contributed by atoms with Gasteiger partial charge in [-0.05, 0) is 29.3 Å². The number of nitrogens with one attached hydrogen (secondary N) is 2. The molecule has 2 aromatic carbocycles. The van der Waals surface area contributed by atoms with Gasteiger partial charge < -0.3 is 10.6 Å². The van der Waals surface area contributed by atoms with Crippen LogP contribution in [0.15, 0.2) is 85.2 Å². The Hall–Kier alpha value is -3.73. The van der Waals surface area contributed by atoms with E-state index in [1.165, 1.54) is 0 Å². The second kappa shape index (κ2) is 8.31. The van der Waals surface area contributed by atoms with Crippen LogP contribution in [0.1, 0.15) is 21.5 Å². The third kappa shape index (κ3) is 4.15. The molecule has 0 fully saturated rings. The number of rotatable bonds is 6. The van der Waals surface area contributed by atoms with E-state index in [4.69, 9.17) is 0 Å². The molecule has 4 aromatic rings. The molecule has 0 atom stereocenters. The molecule has 0 unspecified atom stereocenters. The van der Waals surface area contributed by atoms with E-state index in [2.05, 4.69) is 20.6 Å². The van der Waals surface area contributed by atoms with E-state index in [0.29, 0.717) is 24.5 Å². The lowest BCUT2D eigenvalue weighted by molar-refractivity contribution is 0.0952. The van der Waals surface area contributed by atoms with Gasteiger partial charge in [0.15, 0.2) is 0 Å². The summed E-state index contributed by atoms with van der Waals surface area (Å²) in [6, 6.07) is 23.2. The first kappa shape index (κ1) is 17.7. The van der Waals surface area contributed by atoms with Crippen molar-refractivity contribution in [1.82, 2.24) is 15.3 Å². The molecule has 0 bridgehead atoms. The average molecular weight is 368 g/mol. The van der Waals surface area contributed by atoms with Crippen molar-refractivity contribution in [2.24, 2.45) is 0 Å². The van der Waals surface area contributed by atoms with E-state index in [1.54, 1.807) is 12.3 Å². The van der Waals surface area contributed by atoms with Crippen LogP contribution in [0, 0.1) is 0 Å². The Morgan fingerprint density at radius 1 is 0.857 bits per heavy atom. The number of carbonyl (C=O) groups is 1. The normalized spacial score (nSPS) is 10.6.